The van der Waals surface area contributed by atoms with Gasteiger partial charge in [-0.2, -0.15) is 0 Å². The zero-order valence-corrected chi connectivity index (χ0v) is 16.4. The predicted octanol–water partition coefficient (Wildman–Crippen LogP) is 2.84. The maximum Gasteiger partial charge on any atom is 0.191 e. The molecule has 0 aliphatic rings. The second kappa shape index (κ2) is 10.5. The minimum Gasteiger partial charge on any atom is -0.380 e. The Kier molecular flexibility index (Phi) is 9.01. The van der Waals surface area contributed by atoms with Gasteiger partial charge in [0.15, 0.2) is 5.96 Å². The first kappa shape index (κ1) is 19.8. The Balaban J connectivity index is 0.00000264. The Labute approximate surface area is 155 Å². The van der Waals surface area contributed by atoms with Crippen LogP contribution in [0.2, 0.25) is 0 Å². The average Bonchev–Trinajstić information content (AvgIpc) is 2.92. The van der Waals surface area contributed by atoms with Crippen LogP contribution in [-0.4, -0.2) is 44.3 Å². The summed E-state index contributed by atoms with van der Waals surface area (Å²) in [6, 6.07) is 6.52. The number of nitrogens with zero attached hydrogens (tertiary/aromatic N) is 1. The number of aliphatic imine (C=N–C) groups is 1. The fraction of sp³-hybridized carbons (Fsp3) is 0.471. The number of aromatic nitrogens is 1. The third kappa shape index (κ3) is 6.02. The third-order valence-corrected chi connectivity index (χ3v) is 3.58. The lowest BCUT2D eigenvalue weighted by Gasteiger charge is -2.11. The first-order valence-corrected chi connectivity index (χ1v) is 7.83. The van der Waals surface area contributed by atoms with E-state index in [9.17, 15) is 0 Å². The molecule has 0 saturated carbocycles. The van der Waals surface area contributed by atoms with E-state index >= 15 is 0 Å². The van der Waals surface area contributed by atoms with Crippen molar-refractivity contribution in [3.05, 3.63) is 35.5 Å². The van der Waals surface area contributed by atoms with Gasteiger partial charge < -0.3 is 20.4 Å². The van der Waals surface area contributed by atoms with Gasteiger partial charge in [0.05, 0.1) is 6.61 Å². The van der Waals surface area contributed by atoms with Gasteiger partial charge in [-0.05, 0) is 37.5 Å². The number of guanidine groups is 1. The number of aryl methyl sites for hydroxylation is 1. The highest BCUT2D eigenvalue weighted by atomic mass is 127. The summed E-state index contributed by atoms with van der Waals surface area (Å²) in [6.45, 7) is 7.15. The zero-order valence-electron chi connectivity index (χ0n) is 14.1. The van der Waals surface area contributed by atoms with Crippen molar-refractivity contribution < 1.29 is 4.74 Å². The van der Waals surface area contributed by atoms with E-state index in [0.29, 0.717) is 6.61 Å². The molecule has 23 heavy (non-hydrogen) atoms. The highest BCUT2D eigenvalue weighted by molar-refractivity contribution is 14.0. The molecule has 0 fully saturated rings. The lowest BCUT2D eigenvalue weighted by molar-refractivity contribution is 0.152. The number of benzene rings is 1. The highest BCUT2D eigenvalue weighted by Gasteiger charge is 2.04. The molecule has 3 N–H and O–H groups in total. The minimum absolute atomic E-state index is 0. The summed E-state index contributed by atoms with van der Waals surface area (Å²) in [5.41, 5.74) is 3.81. The van der Waals surface area contributed by atoms with Gasteiger partial charge in [0, 0.05) is 43.8 Å². The van der Waals surface area contributed by atoms with E-state index in [-0.39, 0.29) is 24.0 Å². The molecule has 0 saturated heterocycles. The lowest BCUT2D eigenvalue weighted by Crippen LogP contribution is -2.39. The quantitative estimate of drug-likeness (QED) is 0.274. The van der Waals surface area contributed by atoms with Gasteiger partial charge in [-0.3, -0.25) is 4.99 Å². The summed E-state index contributed by atoms with van der Waals surface area (Å²) < 4.78 is 5.30. The summed E-state index contributed by atoms with van der Waals surface area (Å²) in [5, 5.41) is 7.86. The fourth-order valence-electron chi connectivity index (χ4n) is 2.43. The van der Waals surface area contributed by atoms with Crippen LogP contribution in [0.15, 0.2) is 29.4 Å². The van der Waals surface area contributed by atoms with Crippen LogP contribution in [0.3, 0.4) is 0 Å². The van der Waals surface area contributed by atoms with Crippen molar-refractivity contribution in [2.24, 2.45) is 4.99 Å². The van der Waals surface area contributed by atoms with Crippen molar-refractivity contribution >= 4 is 40.8 Å². The summed E-state index contributed by atoms with van der Waals surface area (Å²) in [5.74, 6) is 0.815. The minimum atomic E-state index is 0. The molecular weight excluding hydrogens is 403 g/mol. The number of aromatic amines is 1. The van der Waals surface area contributed by atoms with Crippen molar-refractivity contribution in [1.82, 2.24) is 15.6 Å². The van der Waals surface area contributed by atoms with Gasteiger partial charge >= 0.3 is 0 Å². The van der Waals surface area contributed by atoms with Crippen LogP contribution in [-0.2, 0) is 11.2 Å². The van der Waals surface area contributed by atoms with E-state index in [2.05, 4.69) is 51.9 Å². The Morgan fingerprint density at radius 3 is 2.78 bits per heavy atom. The van der Waals surface area contributed by atoms with E-state index < -0.39 is 0 Å². The molecule has 0 radical (unpaired) electrons. The van der Waals surface area contributed by atoms with E-state index in [0.717, 1.165) is 32.1 Å². The highest BCUT2D eigenvalue weighted by Crippen LogP contribution is 2.19. The predicted molar refractivity (Wildman–Crippen MR) is 108 cm³/mol. The third-order valence-electron chi connectivity index (χ3n) is 3.58. The van der Waals surface area contributed by atoms with Crippen LogP contribution in [0, 0.1) is 6.92 Å². The maximum absolute atomic E-state index is 5.30. The largest absolute Gasteiger partial charge is 0.380 e. The van der Waals surface area contributed by atoms with E-state index in [1.54, 1.807) is 7.05 Å². The van der Waals surface area contributed by atoms with Crippen LogP contribution < -0.4 is 10.6 Å². The molecule has 0 atom stereocenters. The molecule has 1 aromatic carbocycles. The molecule has 0 aliphatic heterocycles. The maximum atomic E-state index is 5.30. The smallest absolute Gasteiger partial charge is 0.191 e. The summed E-state index contributed by atoms with van der Waals surface area (Å²) in [7, 11) is 1.78. The van der Waals surface area contributed by atoms with Crippen molar-refractivity contribution in [2.45, 2.75) is 20.3 Å². The van der Waals surface area contributed by atoms with Crippen LogP contribution in [0.25, 0.3) is 10.9 Å². The molecule has 0 unspecified atom stereocenters. The number of hydrogen-bond donors (Lipinski definition) is 3. The van der Waals surface area contributed by atoms with Crippen molar-refractivity contribution in [3.63, 3.8) is 0 Å². The summed E-state index contributed by atoms with van der Waals surface area (Å²) in [6.07, 6.45) is 3.05. The number of nitrogens with one attached hydrogen (secondary N) is 3. The molecule has 1 aromatic heterocycles. The number of fused-ring (bicyclic) bond motifs is 1. The average molecular weight is 430 g/mol. The molecule has 0 spiro atoms. The normalized spacial score (nSPS) is 11.3. The standard InChI is InChI=1S/C17H26N4O.HI/c1-4-22-10-9-20-17(18-3)19-8-7-14-12-21-16-11-13(2)5-6-15(14)16;/h5-6,11-12,21H,4,7-10H2,1-3H3,(H2,18,19,20);1H. The van der Waals surface area contributed by atoms with Crippen LogP contribution in [0.5, 0.6) is 0 Å². The number of halogens is 1. The molecule has 2 aromatic rings. The van der Waals surface area contributed by atoms with Gasteiger partial charge in [-0.25, -0.2) is 0 Å². The molecule has 2 rings (SSSR count). The molecule has 0 aliphatic carbocycles. The summed E-state index contributed by atoms with van der Waals surface area (Å²) >= 11 is 0. The molecule has 0 bridgehead atoms. The van der Waals surface area contributed by atoms with Crippen molar-refractivity contribution in [1.29, 1.82) is 0 Å². The Bertz CT molecular complexity index is 624. The molecular formula is C17H27IN4O. The molecule has 1 heterocycles. The topological polar surface area (TPSA) is 61.4 Å². The molecule has 0 amide bonds. The van der Waals surface area contributed by atoms with E-state index in [1.807, 2.05) is 6.92 Å². The lowest BCUT2D eigenvalue weighted by atomic mass is 10.1. The second-order valence-electron chi connectivity index (χ2n) is 5.24. The van der Waals surface area contributed by atoms with E-state index in [4.69, 9.17) is 4.74 Å². The van der Waals surface area contributed by atoms with Gasteiger partial charge in [0.2, 0.25) is 0 Å². The number of hydrogen-bond acceptors (Lipinski definition) is 2. The fourth-order valence-corrected chi connectivity index (χ4v) is 2.43. The van der Waals surface area contributed by atoms with Gasteiger partial charge in [-0.1, -0.05) is 12.1 Å². The molecule has 128 valence electrons. The van der Waals surface area contributed by atoms with Gasteiger partial charge in [0.25, 0.3) is 0 Å². The first-order valence-electron chi connectivity index (χ1n) is 7.83. The Morgan fingerprint density at radius 1 is 1.26 bits per heavy atom. The van der Waals surface area contributed by atoms with Crippen LogP contribution in [0.1, 0.15) is 18.1 Å². The zero-order chi connectivity index (χ0) is 15.8. The molecule has 5 nitrogen and oxygen atoms in total. The molecule has 6 heteroatoms. The van der Waals surface area contributed by atoms with E-state index in [1.165, 1.54) is 22.0 Å². The SMILES string of the molecule is CCOCCNC(=NC)NCCc1c[nH]c2cc(C)ccc12.I. The van der Waals surface area contributed by atoms with Crippen molar-refractivity contribution in [3.8, 4) is 0 Å². The Morgan fingerprint density at radius 2 is 2.04 bits per heavy atom. The monoisotopic (exact) mass is 430 g/mol. The van der Waals surface area contributed by atoms with Crippen molar-refractivity contribution in [2.75, 3.05) is 33.4 Å². The number of H-pyrrole nitrogens is 1. The van der Waals surface area contributed by atoms with Crippen LogP contribution in [0.4, 0.5) is 0 Å². The number of rotatable bonds is 7. The Hall–Kier alpha value is -1.28. The van der Waals surface area contributed by atoms with Gasteiger partial charge in [0.1, 0.15) is 0 Å². The number of ether oxygens (including phenoxy) is 1. The van der Waals surface area contributed by atoms with Gasteiger partial charge in [-0.15, -0.1) is 24.0 Å². The van der Waals surface area contributed by atoms with Crippen LogP contribution >= 0.6 is 24.0 Å². The second-order valence-corrected chi connectivity index (χ2v) is 5.24. The summed E-state index contributed by atoms with van der Waals surface area (Å²) in [4.78, 5) is 7.55. The first-order chi connectivity index (χ1) is 10.7.